The number of hydrogen-bond donors (Lipinski definition) is 2. The van der Waals surface area contributed by atoms with Gasteiger partial charge in [0.05, 0.1) is 6.54 Å². The summed E-state index contributed by atoms with van der Waals surface area (Å²) in [5, 5.41) is 13.2. The Balaban J connectivity index is 2.01. The normalized spacial score (nSPS) is 17.2. The Morgan fingerprint density at radius 2 is 2.14 bits per heavy atom. The van der Waals surface area contributed by atoms with Crippen LogP contribution in [-0.4, -0.2) is 48.8 Å². The lowest BCUT2D eigenvalue weighted by atomic mass is 9.77. The minimum Gasteiger partial charge on any atom is -0.480 e. The van der Waals surface area contributed by atoms with Crippen molar-refractivity contribution >= 4 is 33.2 Å². The van der Waals surface area contributed by atoms with E-state index in [1.165, 1.54) is 13.1 Å². The van der Waals surface area contributed by atoms with Gasteiger partial charge in [0, 0.05) is 7.05 Å². The van der Waals surface area contributed by atoms with Gasteiger partial charge in [-0.2, -0.15) is 4.31 Å². The van der Waals surface area contributed by atoms with Gasteiger partial charge < -0.3 is 10.4 Å². The maximum atomic E-state index is 12.2. The number of carboxylic acids is 1. The van der Waals surface area contributed by atoms with Crippen LogP contribution in [0.2, 0.25) is 0 Å². The van der Waals surface area contributed by atoms with Gasteiger partial charge in [-0.1, -0.05) is 6.07 Å². The van der Waals surface area contributed by atoms with Gasteiger partial charge in [0.15, 0.2) is 0 Å². The molecule has 2 rings (SSSR count). The summed E-state index contributed by atoms with van der Waals surface area (Å²) in [5.74, 6) is -1.69. The number of nitrogens with zero attached hydrogens (tertiary/aromatic N) is 1. The van der Waals surface area contributed by atoms with Crippen LogP contribution in [0.4, 0.5) is 0 Å². The molecule has 1 aliphatic carbocycles. The highest BCUT2D eigenvalue weighted by atomic mass is 32.2. The molecule has 1 saturated carbocycles. The van der Waals surface area contributed by atoms with Crippen molar-refractivity contribution in [2.75, 3.05) is 13.6 Å². The number of rotatable bonds is 6. The minimum absolute atomic E-state index is 0.148. The van der Waals surface area contributed by atoms with Crippen molar-refractivity contribution < 1.29 is 23.1 Å². The third kappa shape index (κ3) is 3.09. The van der Waals surface area contributed by atoms with Crippen molar-refractivity contribution in [2.24, 2.45) is 0 Å². The largest absolute Gasteiger partial charge is 0.480 e. The molecule has 1 amide bonds. The van der Waals surface area contributed by atoms with E-state index >= 15 is 0 Å². The molecule has 0 radical (unpaired) electrons. The number of carbonyl (C=O) groups is 2. The molecular formula is C12H16N2O5S2. The monoisotopic (exact) mass is 332 g/mol. The fraction of sp³-hybridized carbons (Fsp3) is 0.500. The quantitative estimate of drug-likeness (QED) is 0.789. The number of likely N-dealkylation sites (N-methyl/N-ethyl adjacent to an activating group) is 1. The molecule has 0 spiro atoms. The van der Waals surface area contributed by atoms with Gasteiger partial charge in [0.25, 0.3) is 10.0 Å². The zero-order valence-electron chi connectivity index (χ0n) is 11.4. The maximum Gasteiger partial charge on any atom is 0.329 e. The summed E-state index contributed by atoms with van der Waals surface area (Å²) in [4.78, 5) is 23.1. The first-order valence-electron chi connectivity index (χ1n) is 6.32. The van der Waals surface area contributed by atoms with E-state index in [0.717, 1.165) is 22.1 Å². The Hall–Kier alpha value is -1.45. The Morgan fingerprint density at radius 1 is 1.48 bits per heavy atom. The summed E-state index contributed by atoms with van der Waals surface area (Å²) < 4.78 is 25.4. The second-order valence-corrected chi connectivity index (χ2v) is 8.20. The molecule has 1 aromatic rings. The fourth-order valence-corrected chi connectivity index (χ4v) is 4.41. The van der Waals surface area contributed by atoms with Gasteiger partial charge in [0.1, 0.15) is 9.75 Å². The van der Waals surface area contributed by atoms with Crippen LogP contribution < -0.4 is 5.32 Å². The first-order valence-corrected chi connectivity index (χ1v) is 8.64. The standard InChI is InChI=1S/C12H16N2O5S2/c1-14(21(18,19)10-4-2-7-20-10)8-9(15)13-12(11(16)17)5-3-6-12/h2,4,7H,3,5-6,8H2,1H3,(H,13,15)(H,16,17). The highest BCUT2D eigenvalue weighted by Gasteiger charge is 2.45. The fourth-order valence-electron chi connectivity index (χ4n) is 2.08. The molecule has 9 heteroatoms. The van der Waals surface area contributed by atoms with E-state index in [9.17, 15) is 18.0 Å². The molecule has 0 atom stereocenters. The smallest absolute Gasteiger partial charge is 0.329 e. The van der Waals surface area contributed by atoms with E-state index in [1.807, 2.05) is 0 Å². The molecule has 21 heavy (non-hydrogen) atoms. The zero-order chi connectivity index (χ0) is 15.7. The molecule has 1 aliphatic rings. The minimum atomic E-state index is -3.71. The average Bonchev–Trinajstić information content (AvgIpc) is 2.87. The van der Waals surface area contributed by atoms with Gasteiger partial charge in [0.2, 0.25) is 5.91 Å². The number of carbonyl (C=O) groups excluding carboxylic acids is 1. The Morgan fingerprint density at radius 3 is 2.57 bits per heavy atom. The lowest BCUT2D eigenvalue weighted by Gasteiger charge is -2.38. The van der Waals surface area contributed by atoms with Crippen molar-refractivity contribution in [1.29, 1.82) is 0 Å². The molecule has 0 bridgehead atoms. The first kappa shape index (κ1) is 15.9. The summed E-state index contributed by atoms with van der Waals surface area (Å²) in [7, 11) is -2.42. The number of carboxylic acid groups (broad SMARTS) is 1. The van der Waals surface area contributed by atoms with Gasteiger partial charge in [-0.25, -0.2) is 13.2 Å². The van der Waals surface area contributed by atoms with E-state index in [2.05, 4.69) is 5.32 Å². The van der Waals surface area contributed by atoms with Crippen LogP contribution in [0.5, 0.6) is 0 Å². The molecule has 0 saturated heterocycles. The van der Waals surface area contributed by atoms with Crippen LogP contribution >= 0.6 is 11.3 Å². The average molecular weight is 332 g/mol. The number of hydrogen-bond acceptors (Lipinski definition) is 5. The van der Waals surface area contributed by atoms with Crippen molar-refractivity contribution in [1.82, 2.24) is 9.62 Å². The van der Waals surface area contributed by atoms with Crippen LogP contribution in [-0.2, 0) is 19.6 Å². The van der Waals surface area contributed by atoms with Gasteiger partial charge in [-0.15, -0.1) is 11.3 Å². The Bertz CT molecular complexity index is 635. The van der Waals surface area contributed by atoms with Crippen LogP contribution in [0.3, 0.4) is 0 Å². The van der Waals surface area contributed by atoms with Crippen molar-refractivity contribution in [3.8, 4) is 0 Å². The van der Waals surface area contributed by atoms with Gasteiger partial charge >= 0.3 is 5.97 Å². The number of thiophene rings is 1. The zero-order valence-corrected chi connectivity index (χ0v) is 13.0. The third-order valence-electron chi connectivity index (χ3n) is 3.52. The summed E-state index contributed by atoms with van der Waals surface area (Å²) in [6.45, 7) is -0.407. The van der Waals surface area contributed by atoms with Crippen molar-refractivity contribution in [3.05, 3.63) is 17.5 Å². The van der Waals surface area contributed by atoms with Crippen LogP contribution in [0.1, 0.15) is 19.3 Å². The predicted octanol–water partition coefficient (Wildman–Crippen LogP) is 0.492. The Kier molecular flexibility index (Phi) is 4.35. The Labute approximate surface area is 126 Å². The highest BCUT2D eigenvalue weighted by molar-refractivity contribution is 7.91. The van der Waals surface area contributed by atoms with E-state index in [4.69, 9.17) is 5.11 Å². The molecule has 116 valence electrons. The van der Waals surface area contributed by atoms with E-state index in [1.54, 1.807) is 11.4 Å². The van der Waals surface area contributed by atoms with E-state index < -0.39 is 34.0 Å². The maximum absolute atomic E-state index is 12.2. The summed E-state index contributed by atoms with van der Waals surface area (Å²) in [6.07, 6.45) is 1.47. The molecular weight excluding hydrogens is 316 g/mol. The van der Waals surface area contributed by atoms with Gasteiger partial charge in [-0.05, 0) is 30.7 Å². The topological polar surface area (TPSA) is 104 Å². The van der Waals surface area contributed by atoms with E-state index in [0.29, 0.717) is 12.8 Å². The SMILES string of the molecule is CN(CC(=O)NC1(C(=O)O)CCC1)S(=O)(=O)c1cccs1. The van der Waals surface area contributed by atoms with Gasteiger partial charge in [-0.3, -0.25) is 4.79 Å². The molecule has 0 aromatic carbocycles. The highest BCUT2D eigenvalue weighted by Crippen LogP contribution is 2.32. The second kappa shape index (κ2) is 5.74. The second-order valence-electron chi connectivity index (χ2n) is 4.98. The van der Waals surface area contributed by atoms with Crippen molar-refractivity contribution in [2.45, 2.75) is 29.0 Å². The molecule has 0 aliphatic heterocycles. The molecule has 0 unspecified atom stereocenters. The third-order valence-corrected chi connectivity index (χ3v) is 6.70. The lowest BCUT2D eigenvalue weighted by Crippen LogP contribution is -2.60. The number of amides is 1. The summed E-state index contributed by atoms with van der Waals surface area (Å²) in [6, 6.07) is 3.07. The summed E-state index contributed by atoms with van der Waals surface area (Å²) in [5.41, 5.74) is -1.23. The van der Waals surface area contributed by atoms with E-state index in [-0.39, 0.29) is 4.21 Å². The van der Waals surface area contributed by atoms with Crippen LogP contribution in [0.15, 0.2) is 21.7 Å². The molecule has 1 aromatic heterocycles. The summed E-state index contributed by atoms with van der Waals surface area (Å²) >= 11 is 1.06. The first-order chi connectivity index (χ1) is 9.78. The predicted molar refractivity (Wildman–Crippen MR) is 76.5 cm³/mol. The number of nitrogens with one attached hydrogen (secondary N) is 1. The molecule has 1 fully saturated rings. The molecule has 1 heterocycles. The van der Waals surface area contributed by atoms with Crippen LogP contribution in [0.25, 0.3) is 0 Å². The molecule has 2 N–H and O–H groups in total. The number of aliphatic carboxylic acids is 1. The number of sulfonamides is 1. The lowest BCUT2D eigenvalue weighted by molar-refractivity contribution is -0.151. The van der Waals surface area contributed by atoms with Crippen molar-refractivity contribution in [3.63, 3.8) is 0 Å². The molecule has 7 nitrogen and oxygen atoms in total. The van der Waals surface area contributed by atoms with Crippen LogP contribution in [0, 0.1) is 0 Å².